The molecule has 1 aliphatic carbocycles. The SMILES string of the molecule is CC(C)C1CCN(C2CC(C(=O)N3CCC(O)CC3)C2)CC1. The van der Waals surface area contributed by atoms with Crippen LogP contribution in [0.3, 0.4) is 0 Å². The molecule has 0 aromatic rings. The number of amides is 1. The van der Waals surface area contributed by atoms with Crippen molar-refractivity contribution in [3.63, 3.8) is 0 Å². The number of likely N-dealkylation sites (tertiary alicyclic amines) is 2. The first-order valence-electron chi connectivity index (χ1n) is 9.25. The van der Waals surface area contributed by atoms with Crippen LogP contribution in [0.1, 0.15) is 52.4 Å². The fourth-order valence-corrected chi connectivity index (χ4v) is 4.38. The molecular weight excluding hydrogens is 276 g/mol. The first-order valence-corrected chi connectivity index (χ1v) is 9.25. The van der Waals surface area contributed by atoms with E-state index >= 15 is 0 Å². The second kappa shape index (κ2) is 6.88. The number of rotatable bonds is 3. The lowest BCUT2D eigenvalue weighted by atomic mass is 9.76. The van der Waals surface area contributed by atoms with E-state index in [1.165, 1.54) is 25.9 Å². The van der Waals surface area contributed by atoms with Crippen LogP contribution in [0.4, 0.5) is 0 Å². The molecule has 22 heavy (non-hydrogen) atoms. The highest BCUT2D eigenvalue weighted by atomic mass is 16.3. The van der Waals surface area contributed by atoms with Crippen molar-refractivity contribution in [1.82, 2.24) is 9.80 Å². The van der Waals surface area contributed by atoms with Crippen molar-refractivity contribution in [2.24, 2.45) is 17.8 Å². The number of aliphatic hydroxyl groups is 1. The molecule has 2 aliphatic heterocycles. The molecule has 0 aromatic carbocycles. The van der Waals surface area contributed by atoms with E-state index in [1.54, 1.807) is 0 Å². The van der Waals surface area contributed by atoms with Crippen LogP contribution in [0.25, 0.3) is 0 Å². The first-order chi connectivity index (χ1) is 10.5. The number of nitrogens with zero attached hydrogens (tertiary/aromatic N) is 2. The Morgan fingerprint density at radius 1 is 1.00 bits per heavy atom. The summed E-state index contributed by atoms with van der Waals surface area (Å²) >= 11 is 0. The van der Waals surface area contributed by atoms with Crippen LogP contribution in [-0.4, -0.2) is 59.1 Å². The van der Waals surface area contributed by atoms with Gasteiger partial charge in [0.1, 0.15) is 0 Å². The van der Waals surface area contributed by atoms with Gasteiger partial charge in [-0.3, -0.25) is 4.79 Å². The monoisotopic (exact) mass is 308 g/mol. The molecule has 2 saturated heterocycles. The molecule has 0 bridgehead atoms. The van der Waals surface area contributed by atoms with Crippen LogP contribution in [-0.2, 0) is 4.79 Å². The molecule has 0 atom stereocenters. The highest BCUT2D eigenvalue weighted by Crippen LogP contribution is 2.36. The van der Waals surface area contributed by atoms with E-state index in [0.717, 1.165) is 50.6 Å². The van der Waals surface area contributed by atoms with Crippen LogP contribution < -0.4 is 0 Å². The van der Waals surface area contributed by atoms with Gasteiger partial charge in [0.2, 0.25) is 5.91 Å². The predicted molar refractivity (Wildman–Crippen MR) is 87.5 cm³/mol. The van der Waals surface area contributed by atoms with E-state index in [-0.39, 0.29) is 12.0 Å². The van der Waals surface area contributed by atoms with Crippen LogP contribution >= 0.6 is 0 Å². The summed E-state index contributed by atoms with van der Waals surface area (Å²) in [4.78, 5) is 17.1. The van der Waals surface area contributed by atoms with Gasteiger partial charge in [0.05, 0.1) is 6.10 Å². The van der Waals surface area contributed by atoms with Crippen molar-refractivity contribution in [2.45, 2.75) is 64.5 Å². The van der Waals surface area contributed by atoms with Crippen molar-refractivity contribution < 1.29 is 9.90 Å². The van der Waals surface area contributed by atoms with E-state index in [4.69, 9.17) is 0 Å². The summed E-state index contributed by atoms with van der Waals surface area (Å²) in [6.45, 7) is 8.64. The quantitative estimate of drug-likeness (QED) is 0.868. The topological polar surface area (TPSA) is 43.8 Å². The molecule has 2 heterocycles. The molecular formula is C18H32N2O2. The van der Waals surface area contributed by atoms with Crippen LogP contribution in [0.15, 0.2) is 0 Å². The minimum atomic E-state index is -0.194. The fraction of sp³-hybridized carbons (Fsp3) is 0.944. The molecule has 126 valence electrons. The normalized spacial score (nSPS) is 32.3. The highest BCUT2D eigenvalue weighted by molar-refractivity contribution is 5.80. The van der Waals surface area contributed by atoms with Crippen LogP contribution in [0.5, 0.6) is 0 Å². The van der Waals surface area contributed by atoms with Crippen LogP contribution in [0, 0.1) is 17.8 Å². The van der Waals surface area contributed by atoms with Gasteiger partial charge in [0, 0.05) is 25.0 Å². The summed E-state index contributed by atoms with van der Waals surface area (Å²) in [6.07, 6.45) is 6.09. The Bertz CT molecular complexity index is 377. The van der Waals surface area contributed by atoms with Crippen molar-refractivity contribution in [3.05, 3.63) is 0 Å². The third kappa shape index (κ3) is 3.48. The zero-order chi connectivity index (χ0) is 15.7. The average molecular weight is 308 g/mol. The molecule has 3 fully saturated rings. The molecule has 1 N–H and O–H groups in total. The summed E-state index contributed by atoms with van der Waals surface area (Å²) in [7, 11) is 0. The standard InChI is InChI=1S/C18H32N2O2/c1-13(2)14-3-7-19(8-4-14)16-11-15(12-16)18(22)20-9-5-17(21)6-10-20/h13-17,21H,3-12H2,1-2H3. The van der Waals surface area contributed by atoms with Gasteiger partial charge in [-0.05, 0) is 63.5 Å². The van der Waals surface area contributed by atoms with E-state index < -0.39 is 0 Å². The van der Waals surface area contributed by atoms with Crippen molar-refractivity contribution >= 4 is 5.91 Å². The van der Waals surface area contributed by atoms with Gasteiger partial charge in [-0.25, -0.2) is 0 Å². The van der Waals surface area contributed by atoms with E-state index in [1.807, 2.05) is 4.90 Å². The Kier molecular flexibility index (Phi) is 5.08. The number of piperidine rings is 2. The first kappa shape index (κ1) is 16.3. The summed E-state index contributed by atoms with van der Waals surface area (Å²) in [6, 6.07) is 0.650. The summed E-state index contributed by atoms with van der Waals surface area (Å²) in [5.41, 5.74) is 0. The molecule has 1 amide bonds. The van der Waals surface area contributed by atoms with Gasteiger partial charge >= 0.3 is 0 Å². The Morgan fingerprint density at radius 3 is 2.14 bits per heavy atom. The Balaban J connectivity index is 1.40. The number of carbonyl (C=O) groups excluding carboxylic acids is 1. The fourth-order valence-electron chi connectivity index (χ4n) is 4.38. The van der Waals surface area contributed by atoms with E-state index in [9.17, 15) is 9.90 Å². The number of carbonyl (C=O) groups is 1. The molecule has 0 aromatic heterocycles. The molecule has 0 unspecified atom stereocenters. The van der Waals surface area contributed by atoms with Gasteiger partial charge in [0.25, 0.3) is 0 Å². The molecule has 0 spiro atoms. The van der Waals surface area contributed by atoms with Gasteiger partial charge < -0.3 is 14.9 Å². The predicted octanol–water partition coefficient (Wildman–Crippen LogP) is 2.12. The Labute approximate surface area is 134 Å². The summed E-state index contributed by atoms with van der Waals surface area (Å²) in [5, 5.41) is 9.55. The lowest BCUT2D eigenvalue weighted by Crippen LogP contribution is -2.53. The molecule has 3 rings (SSSR count). The molecule has 3 aliphatic rings. The molecule has 4 heteroatoms. The molecule has 0 radical (unpaired) electrons. The van der Waals surface area contributed by atoms with E-state index in [0.29, 0.717) is 11.9 Å². The van der Waals surface area contributed by atoms with E-state index in [2.05, 4.69) is 18.7 Å². The van der Waals surface area contributed by atoms with Crippen molar-refractivity contribution in [2.75, 3.05) is 26.2 Å². The van der Waals surface area contributed by atoms with Gasteiger partial charge in [-0.2, -0.15) is 0 Å². The van der Waals surface area contributed by atoms with Gasteiger partial charge in [-0.15, -0.1) is 0 Å². The second-order valence-corrected chi connectivity index (χ2v) is 8.00. The highest BCUT2D eigenvalue weighted by Gasteiger charge is 2.41. The second-order valence-electron chi connectivity index (χ2n) is 8.00. The zero-order valence-electron chi connectivity index (χ0n) is 14.2. The summed E-state index contributed by atoms with van der Waals surface area (Å²) < 4.78 is 0. The summed E-state index contributed by atoms with van der Waals surface area (Å²) in [5.74, 6) is 2.31. The maximum absolute atomic E-state index is 12.5. The van der Waals surface area contributed by atoms with Crippen LogP contribution in [0.2, 0.25) is 0 Å². The van der Waals surface area contributed by atoms with Gasteiger partial charge in [0.15, 0.2) is 0 Å². The third-order valence-corrected chi connectivity index (χ3v) is 6.27. The van der Waals surface area contributed by atoms with Crippen molar-refractivity contribution in [1.29, 1.82) is 0 Å². The number of aliphatic hydroxyl groups excluding tert-OH is 1. The largest absolute Gasteiger partial charge is 0.393 e. The number of hydrogen-bond acceptors (Lipinski definition) is 3. The zero-order valence-corrected chi connectivity index (χ0v) is 14.2. The minimum absolute atomic E-state index is 0.194. The molecule has 1 saturated carbocycles. The van der Waals surface area contributed by atoms with Crippen molar-refractivity contribution in [3.8, 4) is 0 Å². The number of hydrogen-bond donors (Lipinski definition) is 1. The van der Waals surface area contributed by atoms with Gasteiger partial charge in [-0.1, -0.05) is 13.8 Å². The molecule has 4 nitrogen and oxygen atoms in total. The maximum Gasteiger partial charge on any atom is 0.225 e. The lowest BCUT2D eigenvalue weighted by Gasteiger charge is -2.47. The Morgan fingerprint density at radius 2 is 1.59 bits per heavy atom. The smallest absolute Gasteiger partial charge is 0.225 e. The Hall–Kier alpha value is -0.610. The minimum Gasteiger partial charge on any atom is -0.393 e. The maximum atomic E-state index is 12.5. The average Bonchev–Trinajstić information content (AvgIpc) is 2.47. The third-order valence-electron chi connectivity index (χ3n) is 6.27. The lowest BCUT2D eigenvalue weighted by molar-refractivity contribution is -0.143.